The molecule has 2 N–H and O–H groups in total. The van der Waals surface area contributed by atoms with E-state index in [1.165, 1.54) is 19.9 Å². The van der Waals surface area contributed by atoms with Crippen molar-refractivity contribution in [2.24, 2.45) is 0 Å². The summed E-state index contributed by atoms with van der Waals surface area (Å²) in [5.74, 6) is 1.86. The number of nitrogens with zero attached hydrogens (tertiary/aromatic N) is 1. The predicted octanol–water partition coefficient (Wildman–Crippen LogP) is 2.88. The van der Waals surface area contributed by atoms with Crippen molar-refractivity contribution in [2.45, 2.75) is 44.8 Å². The molecule has 0 radical (unpaired) electrons. The first-order valence-electron chi connectivity index (χ1n) is 8.99. The largest absolute Gasteiger partial charge is 0.386 e. The molecule has 0 amide bonds. The lowest BCUT2D eigenvalue weighted by atomic mass is 9.91. The number of piperidine rings is 1. The quantitative estimate of drug-likeness (QED) is 0.813. The summed E-state index contributed by atoms with van der Waals surface area (Å²) in [7, 11) is 1.68. The Balaban J connectivity index is 2.26. The van der Waals surface area contributed by atoms with Crippen molar-refractivity contribution in [1.82, 2.24) is 4.98 Å². The zero-order chi connectivity index (χ0) is 20.0. The molecule has 5 nitrogen and oxygen atoms in total. The van der Waals surface area contributed by atoms with E-state index in [1.54, 1.807) is 13.2 Å². The smallest absolute Gasteiger partial charge is 0.266 e. The van der Waals surface area contributed by atoms with E-state index < -0.39 is 17.0 Å². The lowest BCUT2D eigenvalue weighted by Gasteiger charge is -2.40. The van der Waals surface area contributed by atoms with Crippen LogP contribution >= 0.6 is 0 Å². The van der Waals surface area contributed by atoms with Gasteiger partial charge in [-0.15, -0.1) is 6.42 Å². The van der Waals surface area contributed by atoms with Gasteiger partial charge in [-0.3, -0.25) is 4.79 Å². The van der Waals surface area contributed by atoms with Crippen molar-refractivity contribution in [3.05, 3.63) is 39.4 Å². The fraction of sp³-hybridized carbons (Fsp3) is 0.476. The molecule has 1 aliphatic heterocycles. The Kier molecular flexibility index (Phi) is 4.79. The highest BCUT2D eigenvalue weighted by molar-refractivity contribution is 5.95. The van der Waals surface area contributed by atoms with Crippen LogP contribution in [0, 0.1) is 18.2 Å². The third-order valence-corrected chi connectivity index (χ3v) is 5.52. The van der Waals surface area contributed by atoms with E-state index in [-0.39, 0.29) is 22.1 Å². The molecule has 1 aromatic heterocycles. The lowest BCUT2D eigenvalue weighted by molar-refractivity contribution is -0.0132. The highest BCUT2D eigenvalue weighted by Gasteiger charge is 2.33. The van der Waals surface area contributed by atoms with Gasteiger partial charge in [0.25, 0.3) is 5.56 Å². The number of nitrogens with one attached hydrogen (secondary N) is 1. The Morgan fingerprint density at radius 2 is 2.00 bits per heavy atom. The number of hydrogen-bond acceptors (Lipinski definition) is 4. The van der Waals surface area contributed by atoms with Gasteiger partial charge in [0.1, 0.15) is 11.4 Å². The number of methoxy groups -OCH3 is 1. The number of fused-ring (bicyclic) bond motifs is 1. The molecule has 144 valence electrons. The van der Waals surface area contributed by atoms with Crippen LogP contribution < -0.4 is 10.5 Å². The fourth-order valence-electron chi connectivity index (χ4n) is 3.66. The molecule has 6 heteroatoms. The highest BCUT2D eigenvalue weighted by Crippen LogP contribution is 2.37. The van der Waals surface area contributed by atoms with Gasteiger partial charge in [0.2, 0.25) is 0 Å². The van der Waals surface area contributed by atoms with E-state index >= 15 is 4.39 Å². The fourth-order valence-corrected chi connectivity index (χ4v) is 3.66. The summed E-state index contributed by atoms with van der Waals surface area (Å²) in [6.45, 7) is 6.26. The third kappa shape index (κ3) is 3.33. The van der Waals surface area contributed by atoms with Gasteiger partial charge in [0, 0.05) is 25.8 Å². The van der Waals surface area contributed by atoms with Crippen molar-refractivity contribution in [1.29, 1.82) is 0 Å². The number of aliphatic hydroxyl groups is 1. The van der Waals surface area contributed by atoms with Gasteiger partial charge in [-0.05, 0) is 39.7 Å². The number of aromatic nitrogens is 1. The standard InChI is InChI=1S/C21H25FN2O3/c1-6-13-18(24-11-9-21(4,27-5)10-12-24)16-15(23-19(13)25)8-7-14(17(16)22)20(2,3)26/h1,7-8,26H,9-12H2,2-5H3,(H,23,25). The van der Waals surface area contributed by atoms with Crippen molar-refractivity contribution in [2.75, 3.05) is 25.1 Å². The summed E-state index contributed by atoms with van der Waals surface area (Å²) in [5, 5.41) is 10.6. The summed E-state index contributed by atoms with van der Waals surface area (Å²) in [6, 6.07) is 3.10. The van der Waals surface area contributed by atoms with Gasteiger partial charge in [-0.1, -0.05) is 12.0 Å². The average molecular weight is 372 g/mol. The molecule has 1 saturated heterocycles. The van der Waals surface area contributed by atoms with Crippen LogP contribution in [0.3, 0.4) is 0 Å². The number of pyridine rings is 1. The summed E-state index contributed by atoms with van der Waals surface area (Å²) >= 11 is 0. The second kappa shape index (κ2) is 6.66. The molecule has 1 aromatic carbocycles. The maximum absolute atomic E-state index is 15.4. The van der Waals surface area contributed by atoms with E-state index in [4.69, 9.17) is 11.2 Å². The number of H-pyrrole nitrogens is 1. The van der Waals surface area contributed by atoms with Crippen LogP contribution in [-0.2, 0) is 10.3 Å². The van der Waals surface area contributed by atoms with E-state index in [0.29, 0.717) is 24.3 Å². The molecule has 0 atom stereocenters. The molecule has 2 aromatic rings. The van der Waals surface area contributed by atoms with Crippen molar-refractivity contribution in [3.63, 3.8) is 0 Å². The number of benzene rings is 1. The van der Waals surface area contributed by atoms with Crippen LogP contribution in [0.15, 0.2) is 16.9 Å². The Bertz CT molecular complexity index is 974. The second-order valence-electron chi connectivity index (χ2n) is 7.87. The molecule has 2 heterocycles. The monoisotopic (exact) mass is 372 g/mol. The van der Waals surface area contributed by atoms with Crippen LogP contribution in [0.25, 0.3) is 10.9 Å². The van der Waals surface area contributed by atoms with Crippen LogP contribution in [0.5, 0.6) is 0 Å². The molecule has 27 heavy (non-hydrogen) atoms. The zero-order valence-corrected chi connectivity index (χ0v) is 16.1. The van der Waals surface area contributed by atoms with Crippen LogP contribution in [0.4, 0.5) is 10.1 Å². The van der Waals surface area contributed by atoms with Gasteiger partial charge < -0.3 is 19.7 Å². The van der Waals surface area contributed by atoms with Gasteiger partial charge in [-0.2, -0.15) is 0 Å². The van der Waals surface area contributed by atoms with Gasteiger partial charge in [-0.25, -0.2) is 4.39 Å². The summed E-state index contributed by atoms with van der Waals surface area (Å²) in [6.07, 6.45) is 7.07. The normalized spacial score (nSPS) is 17.1. The molecule has 1 fully saturated rings. The number of anilines is 1. The minimum absolute atomic E-state index is 0.107. The van der Waals surface area contributed by atoms with Crippen LogP contribution in [0.1, 0.15) is 44.7 Å². The first-order chi connectivity index (χ1) is 12.6. The maximum atomic E-state index is 15.4. The Labute approximate surface area is 158 Å². The minimum Gasteiger partial charge on any atom is -0.386 e. The SMILES string of the molecule is C#Cc1c(N2CCC(C)(OC)CC2)c2c(F)c(C(C)(C)O)ccc2[nH]c1=O. The first kappa shape index (κ1) is 19.4. The molecule has 0 bridgehead atoms. The summed E-state index contributed by atoms with van der Waals surface area (Å²) in [5.41, 5.74) is -0.993. The Hall–Kier alpha value is -2.36. The van der Waals surface area contributed by atoms with E-state index in [0.717, 1.165) is 12.8 Å². The maximum Gasteiger partial charge on any atom is 0.266 e. The Morgan fingerprint density at radius 3 is 2.52 bits per heavy atom. The number of rotatable bonds is 3. The molecule has 0 aliphatic carbocycles. The minimum atomic E-state index is -1.36. The van der Waals surface area contributed by atoms with Crippen molar-refractivity contribution < 1.29 is 14.2 Å². The van der Waals surface area contributed by atoms with Gasteiger partial charge in [0.15, 0.2) is 0 Å². The summed E-state index contributed by atoms with van der Waals surface area (Å²) in [4.78, 5) is 17.1. The number of halogens is 1. The number of aromatic amines is 1. The molecule has 0 spiro atoms. The molecule has 1 aliphatic rings. The van der Waals surface area contributed by atoms with E-state index in [1.807, 2.05) is 11.8 Å². The number of terminal acetylenes is 1. The second-order valence-corrected chi connectivity index (χ2v) is 7.87. The average Bonchev–Trinajstić information content (AvgIpc) is 2.60. The van der Waals surface area contributed by atoms with Crippen molar-refractivity contribution in [3.8, 4) is 12.3 Å². The molecule has 0 saturated carbocycles. The van der Waals surface area contributed by atoms with Gasteiger partial charge >= 0.3 is 0 Å². The van der Waals surface area contributed by atoms with E-state index in [2.05, 4.69) is 10.9 Å². The van der Waals surface area contributed by atoms with Crippen molar-refractivity contribution >= 4 is 16.6 Å². The lowest BCUT2D eigenvalue weighted by Crippen LogP contribution is -2.44. The number of ether oxygens (including phenoxy) is 1. The topological polar surface area (TPSA) is 65.6 Å². The number of hydrogen-bond donors (Lipinski definition) is 2. The molecule has 0 unspecified atom stereocenters. The van der Waals surface area contributed by atoms with Crippen LogP contribution in [-0.4, -0.2) is 35.9 Å². The first-order valence-corrected chi connectivity index (χ1v) is 8.99. The zero-order valence-electron chi connectivity index (χ0n) is 16.1. The highest BCUT2D eigenvalue weighted by atomic mass is 19.1. The third-order valence-electron chi connectivity index (χ3n) is 5.52. The summed E-state index contributed by atoms with van der Waals surface area (Å²) < 4.78 is 21.0. The van der Waals surface area contributed by atoms with Crippen LogP contribution in [0.2, 0.25) is 0 Å². The molecule has 3 rings (SSSR count). The predicted molar refractivity (Wildman–Crippen MR) is 105 cm³/mol. The Morgan fingerprint density at radius 1 is 1.37 bits per heavy atom. The molecular weight excluding hydrogens is 347 g/mol. The van der Waals surface area contributed by atoms with E-state index in [9.17, 15) is 9.90 Å². The van der Waals surface area contributed by atoms with Gasteiger partial charge in [0.05, 0.1) is 27.8 Å². The molecular formula is C21H25FN2O3.